The molecule has 1 aliphatic heterocycles. The van der Waals surface area contributed by atoms with E-state index in [2.05, 4.69) is 24.4 Å². The summed E-state index contributed by atoms with van der Waals surface area (Å²) < 4.78 is 15.1. The topological polar surface area (TPSA) is 74.5 Å². The molecule has 2 aromatic carbocycles. The van der Waals surface area contributed by atoms with Crippen molar-refractivity contribution in [2.24, 2.45) is 7.05 Å². The number of benzene rings is 2. The average Bonchev–Trinajstić information content (AvgIpc) is 3.28. The number of hydrogen-bond acceptors (Lipinski definition) is 5. The summed E-state index contributed by atoms with van der Waals surface area (Å²) in [4.78, 5) is 25.6. The van der Waals surface area contributed by atoms with Crippen molar-refractivity contribution in [2.75, 3.05) is 17.7 Å². The summed E-state index contributed by atoms with van der Waals surface area (Å²) in [5.41, 5.74) is 3.81. The van der Waals surface area contributed by atoms with Crippen LogP contribution < -0.4 is 20.3 Å². The fraction of sp³-hybridized carbons (Fsp3) is 0.385. The second-order valence-electron chi connectivity index (χ2n) is 8.42. The normalized spacial score (nSPS) is 14.5. The van der Waals surface area contributed by atoms with Crippen LogP contribution in [0.5, 0.6) is 11.5 Å². The van der Waals surface area contributed by atoms with Crippen LogP contribution in [0.2, 0.25) is 0 Å². The predicted octanol–water partition coefficient (Wildman–Crippen LogP) is 4.47. The second-order valence-corrected chi connectivity index (χ2v) is 9.53. The van der Waals surface area contributed by atoms with Crippen LogP contribution in [0, 0.1) is 6.92 Å². The molecular weight excluding hydrogens is 450 g/mol. The van der Waals surface area contributed by atoms with E-state index in [4.69, 9.17) is 9.47 Å². The van der Waals surface area contributed by atoms with Crippen LogP contribution in [0.3, 0.4) is 0 Å². The summed E-state index contributed by atoms with van der Waals surface area (Å²) in [5, 5.41) is 2.83. The molecule has 0 bridgehead atoms. The molecule has 7 nitrogen and oxygen atoms in total. The second kappa shape index (κ2) is 10.4. The van der Waals surface area contributed by atoms with E-state index in [1.54, 1.807) is 21.1 Å². The van der Waals surface area contributed by atoms with Gasteiger partial charge in [-0.1, -0.05) is 18.2 Å². The highest BCUT2D eigenvalue weighted by molar-refractivity contribution is 7.98. The van der Waals surface area contributed by atoms with Crippen molar-refractivity contribution in [2.45, 2.75) is 45.5 Å². The number of carbonyl (C=O) groups excluding carboxylic acids is 1. The molecule has 0 unspecified atom stereocenters. The Morgan fingerprint density at radius 3 is 2.76 bits per heavy atom. The van der Waals surface area contributed by atoms with Gasteiger partial charge in [0.15, 0.2) is 0 Å². The van der Waals surface area contributed by atoms with Gasteiger partial charge < -0.3 is 14.8 Å². The van der Waals surface area contributed by atoms with Gasteiger partial charge in [-0.2, -0.15) is 11.8 Å². The molecule has 1 amide bonds. The maximum Gasteiger partial charge on any atom is 0.295 e. The lowest BCUT2D eigenvalue weighted by atomic mass is 10.1. The largest absolute Gasteiger partial charge is 0.494 e. The molecule has 4 rings (SSSR count). The Bertz CT molecular complexity index is 1230. The molecule has 0 fully saturated rings. The van der Waals surface area contributed by atoms with Crippen molar-refractivity contribution >= 4 is 23.4 Å². The van der Waals surface area contributed by atoms with E-state index in [9.17, 15) is 9.59 Å². The van der Waals surface area contributed by atoms with Crippen molar-refractivity contribution in [3.8, 4) is 17.2 Å². The molecule has 34 heavy (non-hydrogen) atoms. The molecule has 0 aliphatic carbocycles. The molecule has 1 aliphatic rings. The van der Waals surface area contributed by atoms with E-state index in [1.165, 1.54) is 5.56 Å². The highest BCUT2D eigenvalue weighted by atomic mass is 32.2. The van der Waals surface area contributed by atoms with Crippen LogP contribution >= 0.6 is 11.8 Å². The van der Waals surface area contributed by atoms with Crippen molar-refractivity contribution in [1.29, 1.82) is 0 Å². The summed E-state index contributed by atoms with van der Waals surface area (Å²) in [6.07, 6.45) is 1.39. The third-order valence-electron chi connectivity index (χ3n) is 5.93. The molecule has 3 aromatic rings. The maximum atomic E-state index is 13.0. The summed E-state index contributed by atoms with van der Waals surface area (Å²) in [6.45, 7) is 6.48. The Labute approximate surface area is 204 Å². The van der Waals surface area contributed by atoms with Gasteiger partial charge >= 0.3 is 0 Å². The number of nitrogens with one attached hydrogen (secondary N) is 1. The Kier molecular flexibility index (Phi) is 7.36. The van der Waals surface area contributed by atoms with Crippen LogP contribution in [0.4, 0.5) is 5.69 Å². The van der Waals surface area contributed by atoms with Gasteiger partial charge in [-0.05, 0) is 45.0 Å². The van der Waals surface area contributed by atoms with E-state index in [0.29, 0.717) is 30.2 Å². The number of amides is 1. The monoisotopic (exact) mass is 481 g/mol. The highest BCUT2D eigenvalue weighted by Crippen LogP contribution is 2.36. The first-order valence-corrected chi connectivity index (χ1v) is 12.7. The number of para-hydroxylation sites is 1. The zero-order valence-corrected chi connectivity index (χ0v) is 20.9. The quantitative estimate of drug-likeness (QED) is 0.457. The SMILES string of the molecule is CCOc1cc2c(cc1CSCCC(=O)Nc1c(C)n(C)n(-c3ccccc3)c1=O)O[C@@H](C)C2. The van der Waals surface area contributed by atoms with Crippen LogP contribution in [-0.4, -0.2) is 33.7 Å². The van der Waals surface area contributed by atoms with Crippen LogP contribution in [-0.2, 0) is 24.0 Å². The van der Waals surface area contributed by atoms with Gasteiger partial charge in [0, 0.05) is 42.5 Å². The Morgan fingerprint density at radius 2 is 2.03 bits per heavy atom. The minimum atomic E-state index is -0.235. The number of fused-ring (bicyclic) bond motifs is 1. The maximum absolute atomic E-state index is 13.0. The molecule has 0 saturated carbocycles. The third kappa shape index (κ3) is 5.01. The van der Waals surface area contributed by atoms with Crippen LogP contribution in [0.15, 0.2) is 47.3 Å². The van der Waals surface area contributed by atoms with Crippen molar-refractivity contribution in [3.05, 3.63) is 69.6 Å². The smallest absolute Gasteiger partial charge is 0.295 e. The first-order valence-electron chi connectivity index (χ1n) is 11.6. The van der Waals surface area contributed by atoms with E-state index >= 15 is 0 Å². The first-order chi connectivity index (χ1) is 16.4. The van der Waals surface area contributed by atoms with Gasteiger partial charge in [0.1, 0.15) is 23.3 Å². The molecule has 8 heteroatoms. The Hall–Kier alpha value is -3.13. The lowest BCUT2D eigenvalue weighted by Crippen LogP contribution is -2.23. The van der Waals surface area contributed by atoms with Gasteiger partial charge in [-0.15, -0.1) is 0 Å². The number of anilines is 1. The number of aromatic nitrogens is 2. The molecule has 1 aromatic heterocycles. The van der Waals surface area contributed by atoms with Gasteiger partial charge in [-0.25, -0.2) is 4.68 Å². The number of carbonyl (C=O) groups is 1. The van der Waals surface area contributed by atoms with Crippen molar-refractivity contribution in [1.82, 2.24) is 9.36 Å². The number of hydrogen-bond donors (Lipinski definition) is 1. The van der Waals surface area contributed by atoms with E-state index in [1.807, 2.05) is 51.2 Å². The number of ether oxygens (including phenoxy) is 2. The van der Waals surface area contributed by atoms with Crippen molar-refractivity contribution in [3.63, 3.8) is 0 Å². The molecule has 1 N–H and O–H groups in total. The van der Waals surface area contributed by atoms with Gasteiger partial charge in [0.05, 0.1) is 18.0 Å². The lowest BCUT2D eigenvalue weighted by Gasteiger charge is -2.12. The number of thioether (sulfide) groups is 1. The average molecular weight is 482 g/mol. The molecular formula is C26H31N3O4S. The molecule has 1 atom stereocenters. The molecule has 180 valence electrons. The molecule has 0 spiro atoms. The minimum Gasteiger partial charge on any atom is -0.494 e. The third-order valence-corrected chi connectivity index (χ3v) is 6.94. The van der Waals surface area contributed by atoms with Crippen LogP contribution in [0.1, 0.15) is 37.1 Å². The minimum absolute atomic E-state index is 0.172. The summed E-state index contributed by atoms with van der Waals surface area (Å²) in [7, 11) is 1.81. The van der Waals surface area contributed by atoms with E-state index < -0.39 is 0 Å². The standard InChI is InChI=1S/C26H31N3O4S/c1-5-32-22-14-19-13-17(2)33-23(19)15-20(22)16-34-12-11-24(30)27-25-18(3)28(4)29(26(25)31)21-9-7-6-8-10-21/h6-10,14-15,17H,5,11-13,16H2,1-4H3,(H,27,30)/t17-/m0/s1. The predicted molar refractivity (Wildman–Crippen MR) is 137 cm³/mol. The number of rotatable bonds is 9. The Morgan fingerprint density at radius 1 is 1.26 bits per heavy atom. The molecule has 2 heterocycles. The highest BCUT2D eigenvalue weighted by Gasteiger charge is 2.22. The van der Waals surface area contributed by atoms with E-state index in [0.717, 1.165) is 34.9 Å². The van der Waals surface area contributed by atoms with Crippen molar-refractivity contribution < 1.29 is 14.3 Å². The van der Waals surface area contributed by atoms with E-state index in [-0.39, 0.29) is 17.6 Å². The molecule has 0 saturated heterocycles. The van der Waals surface area contributed by atoms with Gasteiger partial charge in [-0.3, -0.25) is 14.3 Å². The summed E-state index contributed by atoms with van der Waals surface area (Å²) >= 11 is 1.66. The zero-order valence-electron chi connectivity index (χ0n) is 20.1. The number of nitrogens with zero attached hydrogens (tertiary/aromatic N) is 2. The van der Waals surface area contributed by atoms with Crippen LogP contribution in [0.25, 0.3) is 5.69 Å². The fourth-order valence-corrected chi connectivity index (χ4v) is 5.06. The summed E-state index contributed by atoms with van der Waals surface area (Å²) in [6, 6.07) is 13.5. The van der Waals surface area contributed by atoms with Gasteiger partial charge in [0.2, 0.25) is 5.91 Å². The fourth-order valence-electron chi connectivity index (χ4n) is 4.15. The zero-order chi connectivity index (χ0) is 24.2. The first kappa shape index (κ1) is 24.0. The lowest BCUT2D eigenvalue weighted by molar-refractivity contribution is -0.115. The van der Waals surface area contributed by atoms with Gasteiger partial charge in [0.25, 0.3) is 5.56 Å². The summed E-state index contributed by atoms with van der Waals surface area (Å²) in [5.74, 6) is 2.99. The Balaban J connectivity index is 1.36. The molecule has 0 radical (unpaired) electrons.